The largest absolute Gasteiger partial charge is 0.340 e. The quantitative estimate of drug-likeness (QED) is 0.886. The lowest BCUT2D eigenvalue weighted by atomic mass is 10.1. The molecule has 3 atom stereocenters. The lowest BCUT2D eigenvalue weighted by Crippen LogP contribution is -2.39. The van der Waals surface area contributed by atoms with E-state index in [1.165, 1.54) is 5.56 Å². The van der Waals surface area contributed by atoms with Crippen molar-refractivity contribution in [3.63, 3.8) is 0 Å². The van der Waals surface area contributed by atoms with Crippen molar-refractivity contribution in [2.45, 2.75) is 30.8 Å². The van der Waals surface area contributed by atoms with Crippen molar-refractivity contribution in [2.24, 2.45) is 0 Å². The molecule has 4 nitrogen and oxygen atoms in total. The van der Waals surface area contributed by atoms with Crippen LogP contribution in [0.25, 0.3) is 0 Å². The zero-order valence-electron chi connectivity index (χ0n) is 13.0. The van der Waals surface area contributed by atoms with Crippen LogP contribution in [0.2, 0.25) is 0 Å². The first-order chi connectivity index (χ1) is 10.1. The molecule has 1 N–H and O–H groups in total. The topological polar surface area (TPSA) is 35.6 Å². The smallest absolute Gasteiger partial charge is 0.236 e. The van der Waals surface area contributed by atoms with Crippen molar-refractivity contribution < 1.29 is 4.79 Å². The van der Waals surface area contributed by atoms with Crippen LogP contribution < -0.4 is 5.32 Å². The number of amides is 1. The molecule has 1 saturated heterocycles. The number of hydrogen-bond donors (Lipinski definition) is 1. The van der Waals surface area contributed by atoms with Crippen LogP contribution in [0.4, 0.5) is 0 Å². The van der Waals surface area contributed by atoms with Crippen molar-refractivity contribution in [3.05, 3.63) is 35.9 Å². The first-order valence-electron chi connectivity index (χ1n) is 7.87. The summed E-state index contributed by atoms with van der Waals surface area (Å²) >= 11 is 0. The number of nitrogens with zero attached hydrogens (tertiary/aromatic N) is 2. The number of benzene rings is 1. The first kappa shape index (κ1) is 14.5. The second-order valence-corrected chi connectivity index (χ2v) is 6.49. The van der Waals surface area contributed by atoms with E-state index >= 15 is 0 Å². The molecule has 2 aliphatic rings. The number of hydrogen-bond acceptors (Lipinski definition) is 3. The van der Waals surface area contributed by atoms with Crippen molar-refractivity contribution >= 4 is 5.91 Å². The van der Waals surface area contributed by atoms with Crippen LogP contribution in [-0.4, -0.2) is 61.5 Å². The van der Waals surface area contributed by atoms with Crippen LogP contribution in [0.5, 0.6) is 0 Å². The highest BCUT2D eigenvalue weighted by atomic mass is 16.2. The van der Waals surface area contributed by atoms with Gasteiger partial charge in [-0.15, -0.1) is 0 Å². The molecule has 2 fully saturated rings. The van der Waals surface area contributed by atoms with Crippen LogP contribution in [0.3, 0.4) is 0 Å². The van der Waals surface area contributed by atoms with E-state index in [1.54, 1.807) is 0 Å². The molecule has 1 aromatic rings. The van der Waals surface area contributed by atoms with Gasteiger partial charge < -0.3 is 15.1 Å². The minimum atomic E-state index is 0.248. The number of rotatable bonds is 5. The number of carbonyl (C=O) groups is 1. The van der Waals surface area contributed by atoms with E-state index in [-0.39, 0.29) is 5.91 Å². The summed E-state index contributed by atoms with van der Waals surface area (Å²) in [5.74, 6) is 0.838. The maximum absolute atomic E-state index is 12.2. The Labute approximate surface area is 127 Å². The molecule has 0 unspecified atom stereocenters. The van der Waals surface area contributed by atoms with E-state index in [2.05, 4.69) is 48.6 Å². The molecule has 0 spiro atoms. The minimum absolute atomic E-state index is 0.248. The Bertz CT molecular complexity index is 488. The molecule has 21 heavy (non-hydrogen) atoms. The number of carbonyl (C=O) groups excluding carboxylic acids is 1. The van der Waals surface area contributed by atoms with Crippen LogP contribution >= 0.6 is 0 Å². The second-order valence-electron chi connectivity index (χ2n) is 6.49. The average molecular weight is 287 g/mol. The average Bonchev–Trinajstić information content (AvgIpc) is 3.09. The van der Waals surface area contributed by atoms with Gasteiger partial charge in [0.05, 0.1) is 6.54 Å². The van der Waals surface area contributed by atoms with Crippen LogP contribution in [0.1, 0.15) is 24.3 Å². The Morgan fingerprint density at radius 2 is 2.10 bits per heavy atom. The van der Waals surface area contributed by atoms with Gasteiger partial charge in [0.25, 0.3) is 0 Å². The Morgan fingerprint density at radius 3 is 2.76 bits per heavy atom. The van der Waals surface area contributed by atoms with E-state index in [1.807, 2.05) is 11.0 Å². The SMILES string of the molecule is CN(C)[C@H]1CCN(C(=O)CN[C@@H]2C[C@H]2c2ccccc2)C1. The lowest BCUT2D eigenvalue weighted by Gasteiger charge is -2.20. The van der Waals surface area contributed by atoms with E-state index in [9.17, 15) is 4.79 Å². The van der Waals surface area contributed by atoms with Gasteiger partial charge in [0.15, 0.2) is 0 Å². The van der Waals surface area contributed by atoms with Gasteiger partial charge in [-0.3, -0.25) is 4.79 Å². The van der Waals surface area contributed by atoms with Crippen LogP contribution in [0, 0.1) is 0 Å². The van der Waals surface area contributed by atoms with E-state index in [0.29, 0.717) is 24.5 Å². The minimum Gasteiger partial charge on any atom is -0.340 e. The summed E-state index contributed by atoms with van der Waals surface area (Å²) in [7, 11) is 4.18. The second kappa shape index (κ2) is 6.16. The molecular formula is C17H25N3O. The maximum atomic E-state index is 12.2. The highest BCUT2D eigenvalue weighted by molar-refractivity contribution is 5.78. The fourth-order valence-corrected chi connectivity index (χ4v) is 3.21. The fraction of sp³-hybridized carbons (Fsp3) is 0.588. The van der Waals surface area contributed by atoms with E-state index in [0.717, 1.165) is 25.9 Å². The molecule has 0 radical (unpaired) electrons. The third kappa shape index (κ3) is 3.44. The normalized spacial score (nSPS) is 28.1. The third-order valence-electron chi connectivity index (χ3n) is 4.78. The number of likely N-dealkylation sites (tertiary alicyclic amines) is 1. The molecule has 1 aliphatic carbocycles. The molecule has 1 amide bonds. The predicted octanol–water partition coefficient (Wildman–Crippen LogP) is 1.29. The molecule has 3 rings (SSSR count). The van der Waals surface area contributed by atoms with E-state index < -0.39 is 0 Å². The van der Waals surface area contributed by atoms with Gasteiger partial charge in [0.1, 0.15) is 0 Å². The Morgan fingerprint density at radius 1 is 1.33 bits per heavy atom. The standard InChI is InChI=1S/C17H25N3O/c1-19(2)14-8-9-20(12-14)17(21)11-18-16-10-15(16)13-6-4-3-5-7-13/h3-7,14-16,18H,8-12H2,1-2H3/t14-,15-,16+/m0/s1. The maximum Gasteiger partial charge on any atom is 0.236 e. The van der Waals surface area contributed by atoms with Crippen molar-refractivity contribution in [1.29, 1.82) is 0 Å². The molecule has 0 bridgehead atoms. The molecule has 114 valence electrons. The van der Waals surface area contributed by atoms with Crippen LogP contribution in [0.15, 0.2) is 30.3 Å². The van der Waals surface area contributed by atoms with Gasteiger partial charge in [0, 0.05) is 31.1 Å². The zero-order chi connectivity index (χ0) is 14.8. The first-order valence-corrected chi connectivity index (χ1v) is 7.87. The summed E-state index contributed by atoms with van der Waals surface area (Å²) in [4.78, 5) is 16.4. The molecule has 1 aliphatic heterocycles. The van der Waals surface area contributed by atoms with Gasteiger partial charge in [-0.1, -0.05) is 30.3 Å². The Hall–Kier alpha value is -1.39. The highest BCUT2D eigenvalue weighted by Crippen LogP contribution is 2.40. The molecule has 1 heterocycles. The lowest BCUT2D eigenvalue weighted by molar-refractivity contribution is -0.129. The van der Waals surface area contributed by atoms with E-state index in [4.69, 9.17) is 0 Å². The van der Waals surface area contributed by atoms with Gasteiger partial charge in [0.2, 0.25) is 5.91 Å². The number of nitrogens with one attached hydrogen (secondary N) is 1. The Kier molecular flexibility index (Phi) is 4.27. The predicted molar refractivity (Wildman–Crippen MR) is 84.3 cm³/mol. The summed E-state index contributed by atoms with van der Waals surface area (Å²) < 4.78 is 0. The monoisotopic (exact) mass is 287 g/mol. The molecule has 1 aromatic carbocycles. The summed E-state index contributed by atoms with van der Waals surface area (Å²) in [5.41, 5.74) is 1.39. The van der Waals surface area contributed by atoms with Gasteiger partial charge in [-0.25, -0.2) is 0 Å². The van der Waals surface area contributed by atoms with Crippen LogP contribution in [-0.2, 0) is 4.79 Å². The summed E-state index contributed by atoms with van der Waals surface area (Å²) in [5, 5.41) is 3.42. The zero-order valence-corrected chi connectivity index (χ0v) is 13.0. The molecule has 0 aromatic heterocycles. The Balaban J connectivity index is 1.42. The summed E-state index contributed by atoms with van der Waals surface area (Å²) in [6.45, 7) is 2.25. The number of likely N-dealkylation sites (N-methyl/N-ethyl adjacent to an activating group) is 1. The highest BCUT2D eigenvalue weighted by Gasteiger charge is 2.38. The molecule has 1 saturated carbocycles. The van der Waals surface area contributed by atoms with Crippen molar-refractivity contribution in [1.82, 2.24) is 15.1 Å². The van der Waals surface area contributed by atoms with Crippen molar-refractivity contribution in [3.8, 4) is 0 Å². The van der Waals surface area contributed by atoms with Gasteiger partial charge in [-0.2, -0.15) is 0 Å². The molecule has 4 heteroatoms. The summed E-state index contributed by atoms with van der Waals surface area (Å²) in [6, 6.07) is 11.6. The fourth-order valence-electron chi connectivity index (χ4n) is 3.21. The molecular weight excluding hydrogens is 262 g/mol. The third-order valence-corrected chi connectivity index (χ3v) is 4.78. The van der Waals surface area contributed by atoms with Crippen molar-refractivity contribution in [2.75, 3.05) is 33.7 Å². The summed E-state index contributed by atoms with van der Waals surface area (Å²) in [6.07, 6.45) is 2.24. The van der Waals surface area contributed by atoms with Gasteiger partial charge in [-0.05, 0) is 32.5 Å². The van der Waals surface area contributed by atoms with Gasteiger partial charge >= 0.3 is 0 Å².